The van der Waals surface area contributed by atoms with Crippen LogP contribution in [0, 0.1) is 0 Å². The van der Waals surface area contributed by atoms with E-state index >= 15 is 0 Å². The molecule has 1 saturated heterocycles. The lowest BCUT2D eigenvalue weighted by Crippen LogP contribution is -2.40. The van der Waals surface area contributed by atoms with Crippen LogP contribution < -0.4 is 0 Å². The molecule has 7 heteroatoms. The van der Waals surface area contributed by atoms with E-state index in [1.165, 1.54) is 11.3 Å². The number of thiophene rings is 1. The molecule has 3 rings (SSSR count). The second-order valence-corrected chi connectivity index (χ2v) is 7.61. The molecule has 1 atom stereocenters. The number of nitrogens with zero attached hydrogens (tertiary/aromatic N) is 2. The molecular formula is C17H20N2O3S2. The van der Waals surface area contributed by atoms with E-state index in [0.29, 0.717) is 0 Å². The summed E-state index contributed by atoms with van der Waals surface area (Å²) in [6.07, 6.45) is 3.57. The summed E-state index contributed by atoms with van der Waals surface area (Å²) in [5, 5.41) is 4.44. The minimum atomic E-state index is -0.775. The number of hydrogen-bond acceptors (Lipinski definition) is 6. The molecule has 0 bridgehead atoms. The van der Waals surface area contributed by atoms with Gasteiger partial charge in [-0.1, -0.05) is 18.9 Å². The predicted octanol–water partition coefficient (Wildman–Crippen LogP) is 3.82. The third-order valence-corrected chi connectivity index (χ3v) is 5.88. The Morgan fingerprint density at radius 3 is 2.62 bits per heavy atom. The summed E-state index contributed by atoms with van der Waals surface area (Å²) >= 11 is 2.98. The summed E-state index contributed by atoms with van der Waals surface area (Å²) in [6.45, 7) is 3.14. The zero-order valence-corrected chi connectivity index (χ0v) is 15.2. The largest absolute Gasteiger partial charge is 0.448 e. The van der Waals surface area contributed by atoms with Gasteiger partial charge in [-0.05, 0) is 31.2 Å². The topological polar surface area (TPSA) is 59.5 Å². The Bertz CT molecular complexity index is 689. The highest BCUT2D eigenvalue weighted by atomic mass is 32.1. The Hall–Kier alpha value is -1.73. The van der Waals surface area contributed by atoms with Crippen molar-refractivity contribution in [2.75, 3.05) is 13.1 Å². The van der Waals surface area contributed by atoms with Crippen LogP contribution in [-0.2, 0) is 9.53 Å². The van der Waals surface area contributed by atoms with Crippen LogP contribution in [0.25, 0.3) is 9.88 Å². The number of rotatable bonds is 4. The van der Waals surface area contributed by atoms with Gasteiger partial charge in [-0.25, -0.2) is 9.78 Å². The van der Waals surface area contributed by atoms with Crippen LogP contribution in [0.4, 0.5) is 0 Å². The highest BCUT2D eigenvalue weighted by Crippen LogP contribution is 2.28. The van der Waals surface area contributed by atoms with Gasteiger partial charge in [0.15, 0.2) is 11.8 Å². The molecule has 0 radical (unpaired) electrons. The lowest BCUT2D eigenvalue weighted by atomic mass is 10.2. The Morgan fingerprint density at radius 2 is 1.96 bits per heavy atom. The number of ether oxygens (including phenoxy) is 1. The van der Waals surface area contributed by atoms with Crippen molar-refractivity contribution in [2.24, 2.45) is 0 Å². The van der Waals surface area contributed by atoms with Gasteiger partial charge in [-0.2, -0.15) is 0 Å². The molecule has 1 aliphatic rings. The van der Waals surface area contributed by atoms with Gasteiger partial charge >= 0.3 is 5.97 Å². The molecular weight excluding hydrogens is 344 g/mol. The average Bonchev–Trinajstić information content (AvgIpc) is 3.20. The van der Waals surface area contributed by atoms with E-state index in [2.05, 4.69) is 4.98 Å². The SMILES string of the molecule is CC(OC(=O)c1csc(-c2cccs2)n1)C(=O)N1CCCCCC1. The summed E-state index contributed by atoms with van der Waals surface area (Å²) in [7, 11) is 0. The van der Waals surface area contributed by atoms with E-state index in [-0.39, 0.29) is 11.6 Å². The Kier molecular flexibility index (Phi) is 5.63. The van der Waals surface area contributed by atoms with Crippen molar-refractivity contribution in [1.82, 2.24) is 9.88 Å². The summed E-state index contributed by atoms with van der Waals surface area (Å²) in [4.78, 5) is 31.8. The molecule has 1 amide bonds. The van der Waals surface area contributed by atoms with Gasteiger partial charge in [-0.3, -0.25) is 4.79 Å². The van der Waals surface area contributed by atoms with Crippen molar-refractivity contribution >= 4 is 34.6 Å². The number of likely N-dealkylation sites (tertiary alicyclic amines) is 1. The molecule has 0 spiro atoms. The first-order valence-electron chi connectivity index (χ1n) is 8.14. The van der Waals surface area contributed by atoms with Crippen molar-refractivity contribution in [3.63, 3.8) is 0 Å². The summed E-state index contributed by atoms with van der Waals surface area (Å²) in [5.41, 5.74) is 0.263. The van der Waals surface area contributed by atoms with Crippen LogP contribution in [0.1, 0.15) is 43.1 Å². The number of carbonyl (C=O) groups excluding carboxylic acids is 2. The minimum Gasteiger partial charge on any atom is -0.448 e. The molecule has 24 heavy (non-hydrogen) atoms. The number of aromatic nitrogens is 1. The molecule has 1 unspecified atom stereocenters. The zero-order chi connectivity index (χ0) is 16.9. The smallest absolute Gasteiger partial charge is 0.358 e. The van der Waals surface area contributed by atoms with Crippen LogP contribution in [0.5, 0.6) is 0 Å². The fourth-order valence-electron chi connectivity index (χ4n) is 2.70. The van der Waals surface area contributed by atoms with Gasteiger partial charge in [0.1, 0.15) is 5.01 Å². The molecule has 0 N–H and O–H groups in total. The first-order chi connectivity index (χ1) is 11.6. The second-order valence-electron chi connectivity index (χ2n) is 5.80. The van der Waals surface area contributed by atoms with E-state index in [1.54, 1.807) is 23.6 Å². The maximum atomic E-state index is 12.4. The Balaban J connectivity index is 1.60. The molecule has 0 saturated carbocycles. The van der Waals surface area contributed by atoms with E-state index in [1.807, 2.05) is 22.4 Å². The average molecular weight is 364 g/mol. The molecule has 128 valence electrons. The second kappa shape index (κ2) is 7.90. The Morgan fingerprint density at radius 1 is 1.21 bits per heavy atom. The van der Waals surface area contributed by atoms with Gasteiger partial charge in [0.25, 0.3) is 5.91 Å². The fraction of sp³-hybridized carbons (Fsp3) is 0.471. The van der Waals surface area contributed by atoms with Gasteiger partial charge in [-0.15, -0.1) is 22.7 Å². The quantitative estimate of drug-likeness (QED) is 0.774. The van der Waals surface area contributed by atoms with Crippen molar-refractivity contribution in [2.45, 2.75) is 38.7 Å². The van der Waals surface area contributed by atoms with Crippen LogP contribution in [0.15, 0.2) is 22.9 Å². The number of carbonyl (C=O) groups is 2. The first kappa shape index (κ1) is 17.1. The molecule has 3 heterocycles. The van der Waals surface area contributed by atoms with Crippen molar-refractivity contribution in [1.29, 1.82) is 0 Å². The molecule has 2 aromatic heterocycles. The standard InChI is InChI=1S/C17H20N2O3S2/c1-12(16(20)19-8-4-2-3-5-9-19)22-17(21)13-11-24-15(18-13)14-7-6-10-23-14/h6-7,10-12H,2-5,8-9H2,1H3. The third kappa shape index (κ3) is 4.02. The maximum absolute atomic E-state index is 12.4. The molecule has 1 fully saturated rings. The lowest BCUT2D eigenvalue weighted by molar-refractivity contribution is -0.139. The van der Waals surface area contributed by atoms with E-state index in [4.69, 9.17) is 4.74 Å². The first-order valence-corrected chi connectivity index (χ1v) is 9.90. The maximum Gasteiger partial charge on any atom is 0.358 e. The number of amides is 1. The zero-order valence-electron chi connectivity index (χ0n) is 13.6. The summed E-state index contributed by atoms with van der Waals surface area (Å²) in [5.74, 6) is -0.649. The minimum absolute atomic E-state index is 0.112. The highest BCUT2D eigenvalue weighted by molar-refractivity contribution is 7.20. The molecule has 5 nitrogen and oxygen atoms in total. The van der Waals surface area contributed by atoms with Gasteiger partial charge in [0.2, 0.25) is 0 Å². The van der Waals surface area contributed by atoms with Crippen molar-refractivity contribution in [3.8, 4) is 9.88 Å². The fourth-order valence-corrected chi connectivity index (χ4v) is 4.30. The van der Waals surface area contributed by atoms with E-state index < -0.39 is 12.1 Å². The predicted molar refractivity (Wildman–Crippen MR) is 95.4 cm³/mol. The molecule has 1 aliphatic heterocycles. The van der Waals surface area contributed by atoms with Crippen molar-refractivity contribution < 1.29 is 14.3 Å². The summed E-state index contributed by atoms with van der Waals surface area (Å²) < 4.78 is 5.34. The molecule has 0 aromatic carbocycles. The number of thiazole rings is 1. The number of esters is 1. The van der Waals surface area contributed by atoms with Crippen molar-refractivity contribution in [3.05, 3.63) is 28.6 Å². The van der Waals surface area contributed by atoms with Gasteiger partial charge in [0, 0.05) is 18.5 Å². The van der Waals surface area contributed by atoms with Crippen LogP contribution >= 0.6 is 22.7 Å². The van der Waals surface area contributed by atoms with E-state index in [0.717, 1.165) is 48.7 Å². The molecule has 2 aromatic rings. The van der Waals surface area contributed by atoms with Gasteiger partial charge < -0.3 is 9.64 Å². The number of hydrogen-bond donors (Lipinski definition) is 0. The summed E-state index contributed by atoms with van der Waals surface area (Å²) in [6, 6.07) is 3.91. The van der Waals surface area contributed by atoms with Crippen LogP contribution in [0.2, 0.25) is 0 Å². The van der Waals surface area contributed by atoms with Crippen LogP contribution in [0.3, 0.4) is 0 Å². The lowest BCUT2D eigenvalue weighted by Gasteiger charge is -2.23. The monoisotopic (exact) mass is 364 g/mol. The molecule has 0 aliphatic carbocycles. The van der Waals surface area contributed by atoms with Crippen LogP contribution in [-0.4, -0.2) is 41.0 Å². The normalized spacial score (nSPS) is 16.5. The Labute approximate surface area is 149 Å². The third-order valence-electron chi connectivity index (χ3n) is 3.99. The van der Waals surface area contributed by atoms with E-state index in [9.17, 15) is 9.59 Å². The highest BCUT2D eigenvalue weighted by Gasteiger charge is 2.25. The van der Waals surface area contributed by atoms with Gasteiger partial charge in [0.05, 0.1) is 4.88 Å².